The van der Waals surface area contributed by atoms with E-state index in [1.165, 1.54) is 0 Å². The van der Waals surface area contributed by atoms with Gasteiger partial charge in [0.2, 0.25) is 0 Å². The second-order valence-electron chi connectivity index (χ2n) is 5.35. The zero-order valence-electron chi connectivity index (χ0n) is 11.1. The number of carbonyl (C=O) groups excluding carboxylic acids is 1. The number of nitrogens with zero attached hydrogens (tertiary/aromatic N) is 1. The average molecular weight is 257 g/mol. The zero-order valence-corrected chi connectivity index (χ0v) is 11.1. The standard InChI is InChI=1S/C12H23N3O3/c1-8(2)5-9(11(16)17)6-14-12(18)15-4-3-10(13)7-15/h8-10H,3-7,13H2,1-2H3,(H,14,18)(H,16,17). The average Bonchev–Trinajstić information content (AvgIpc) is 2.69. The number of likely N-dealkylation sites (tertiary alicyclic amines) is 1. The monoisotopic (exact) mass is 257 g/mol. The fraction of sp³-hybridized carbons (Fsp3) is 0.833. The van der Waals surface area contributed by atoms with Crippen molar-refractivity contribution in [3.05, 3.63) is 0 Å². The Morgan fingerprint density at radius 2 is 2.17 bits per heavy atom. The lowest BCUT2D eigenvalue weighted by atomic mass is 9.97. The highest BCUT2D eigenvalue weighted by Crippen LogP contribution is 2.12. The van der Waals surface area contributed by atoms with Gasteiger partial charge in [0.15, 0.2) is 0 Å². The predicted octanol–water partition coefficient (Wildman–Crippen LogP) is 0.476. The first-order valence-electron chi connectivity index (χ1n) is 6.41. The van der Waals surface area contributed by atoms with Gasteiger partial charge in [-0.05, 0) is 18.8 Å². The van der Waals surface area contributed by atoms with Gasteiger partial charge in [0.05, 0.1) is 5.92 Å². The smallest absolute Gasteiger partial charge is 0.317 e. The van der Waals surface area contributed by atoms with E-state index in [-0.39, 0.29) is 18.6 Å². The van der Waals surface area contributed by atoms with Crippen molar-refractivity contribution in [3.8, 4) is 0 Å². The minimum atomic E-state index is -0.859. The van der Waals surface area contributed by atoms with Crippen LogP contribution >= 0.6 is 0 Å². The summed E-state index contributed by atoms with van der Waals surface area (Å²) < 4.78 is 0. The molecule has 0 saturated carbocycles. The molecule has 1 saturated heterocycles. The van der Waals surface area contributed by atoms with Crippen LogP contribution in [0.2, 0.25) is 0 Å². The first-order valence-corrected chi connectivity index (χ1v) is 6.41. The quantitative estimate of drug-likeness (QED) is 0.667. The van der Waals surface area contributed by atoms with E-state index in [4.69, 9.17) is 10.8 Å². The van der Waals surface area contributed by atoms with Crippen LogP contribution in [-0.4, -0.2) is 47.7 Å². The molecule has 0 radical (unpaired) electrons. The molecule has 1 fully saturated rings. The van der Waals surface area contributed by atoms with Crippen LogP contribution in [0.25, 0.3) is 0 Å². The van der Waals surface area contributed by atoms with E-state index in [1.54, 1.807) is 4.90 Å². The first-order chi connectivity index (χ1) is 8.40. The Hall–Kier alpha value is -1.30. The van der Waals surface area contributed by atoms with Crippen molar-refractivity contribution in [2.75, 3.05) is 19.6 Å². The summed E-state index contributed by atoms with van der Waals surface area (Å²) in [5, 5.41) is 11.7. The highest BCUT2D eigenvalue weighted by Gasteiger charge is 2.25. The van der Waals surface area contributed by atoms with Crippen molar-refractivity contribution >= 4 is 12.0 Å². The Kier molecular flexibility index (Phi) is 5.40. The molecule has 1 heterocycles. The second-order valence-corrected chi connectivity index (χ2v) is 5.35. The number of carboxylic acid groups (broad SMARTS) is 1. The number of hydrogen-bond acceptors (Lipinski definition) is 3. The van der Waals surface area contributed by atoms with Gasteiger partial charge in [0.25, 0.3) is 0 Å². The molecular formula is C12H23N3O3. The van der Waals surface area contributed by atoms with Crippen molar-refractivity contribution in [2.24, 2.45) is 17.6 Å². The topological polar surface area (TPSA) is 95.7 Å². The Morgan fingerprint density at radius 1 is 1.50 bits per heavy atom. The van der Waals surface area contributed by atoms with Gasteiger partial charge in [-0.3, -0.25) is 4.79 Å². The molecule has 1 aliphatic rings. The van der Waals surface area contributed by atoms with Gasteiger partial charge in [-0.15, -0.1) is 0 Å². The SMILES string of the molecule is CC(C)CC(CNC(=O)N1CCC(N)C1)C(=O)O. The molecule has 18 heavy (non-hydrogen) atoms. The molecule has 2 unspecified atom stereocenters. The maximum Gasteiger partial charge on any atom is 0.317 e. The summed E-state index contributed by atoms with van der Waals surface area (Å²) in [4.78, 5) is 24.4. The van der Waals surface area contributed by atoms with Crippen LogP contribution in [0.5, 0.6) is 0 Å². The number of carbonyl (C=O) groups is 2. The molecule has 6 nitrogen and oxygen atoms in total. The maximum atomic E-state index is 11.8. The normalized spacial score (nSPS) is 21.1. The molecule has 2 atom stereocenters. The van der Waals surface area contributed by atoms with Crippen LogP contribution in [0.3, 0.4) is 0 Å². The van der Waals surface area contributed by atoms with Crippen LogP contribution in [0, 0.1) is 11.8 Å². The van der Waals surface area contributed by atoms with Crippen LogP contribution in [0.4, 0.5) is 4.79 Å². The van der Waals surface area contributed by atoms with Crippen LogP contribution in [-0.2, 0) is 4.79 Å². The third-order valence-electron chi connectivity index (χ3n) is 3.12. The largest absolute Gasteiger partial charge is 0.481 e. The molecule has 2 amide bonds. The van der Waals surface area contributed by atoms with Gasteiger partial charge in [0, 0.05) is 25.7 Å². The molecule has 4 N–H and O–H groups in total. The molecule has 0 bridgehead atoms. The van der Waals surface area contributed by atoms with Crippen molar-refractivity contribution < 1.29 is 14.7 Å². The van der Waals surface area contributed by atoms with Gasteiger partial charge in [0.1, 0.15) is 0 Å². The number of rotatable bonds is 5. The van der Waals surface area contributed by atoms with Crippen LogP contribution in [0.15, 0.2) is 0 Å². The Balaban J connectivity index is 2.37. The molecule has 104 valence electrons. The highest BCUT2D eigenvalue weighted by atomic mass is 16.4. The number of aliphatic carboxylic acids is 1. The van der Waals surface area contributed by atoms with Crippen molar-refractivity contribution in [3.63, 3.8) is 0 Å². The maximum absolute atomic E-state index is 11.8. The fourth-order valence-corrected chi connectivity index (χ4v) is 2.13. The van der Waals surface area contributed by atoms with E-state index in [0.29, 0.717) is 25.4 Å². The van der Waals surface area contributed by atoms with Gasteiger partial charge in [-0.2, -0.15) is 0 Å². The summed E-state index contributed by atoms with van der Waals surface area (Å²) in [6.07, 6.45) is 1.37. The minimum Gasteiger partial charge on any atom is -0.481 e. The highest BCUT2D eigenvalue weighted by molar-refractivity contribution is 5.76. The lowest BCUT2D eigenvalue weighted by Gasteiger charge is -2.20. The van der Waals surface area contributed by atoms with Gasteiger partial charge in [-0.25, -0.2) is 4.79 Å². The van der Waals surface area contributed by atoms with Crippen LogP contribution < -0.4 is 11.1 Å². The molecule has 1 aliphatic heterocycles. The number of urea groups is 1. The second kappa shape index (κ2) is 6.58. The molecule has 0 aromatic rings. The summed E-state index contributed by atoms with van der Waals surface area (Å²) in [6, 6.07) is -0.167. The van der Waals surface area contributed by atoms with E-state index in [9.17, 15) is 9.59 Å². The molecule has 0 aliphatic carbocycles. The Morgan fingerprint density at radius 3 is 2.61 bits per heavy atom. The first kappa shape index (κ1) is 14.8. The Labute approximate surface area is 108 Å². The summed E-state index contributed by atoms with van der Waals surface area (Å²) in [7, 11) is 0. The van der Waals surface area contributed by atoms with E-state index < -0.39 is 11.9 Å². The van der Waals surface area contributed by atoms with Gasteiger partial charge < -0.3 is 21.1 Å². The zero-order chi connectivity index (χ0) is 13.7. The molecule has 6 heteroatoms. The molecule has 0 aromatic carbocycles. The molecule has 0 spiro atoms. The number of hydrogen-bond donors (Lipinski definition) is 3. The molecular weight excluding hydrogens is 234 g/mol. The summed E-state index contributed by atoms with van der Waals surface area (Å²) >= 11 is 0. The number of nitrogens with two attached hydrogens (primary N) is 1. The number of amides is 2. The van der Waals surface area contributed by atoms with Crippen molar-refractivity contribution in [2.45, 2.75) is 32.7 Å². The lowest BCUT2D eigenvalue weighted by Crippen LogP contribution is -2.43. The molecule has 0 aromatic heterocycles. The summed E-state index contributed by atoms with van der Waals surface area (Å²) in [5.74, 6) is -1.09. The number of carboxylic acids is 1. The summed E-state index contributed by atoms with van der Waals surface area (Å²) in [6.45, 7) is 5.31. The van der Waals surface area contributed by atoms with Crippen molar-refractivity contribution in [1.82, 2.24) is 10.2 Å². The van der Waals surface area contributed by atoms with Crippen molar-refractivity contribution in [1.29, 1.82) is 0 Å². The minimum absolute atomic E-state index is 0.0432. The molecule has 1 rings (SSSR count). The van der Waals surface area contributed by atoms with E-state index in [0.717, 1.165) is 6.42 Å². The third-order valence-corrected chi connectivity index (χ3v) is 3.12. The van der Waals surface area contributed by atoms with Gasteiger partial charge in [-0.1, -0.05) is 13.8 Å². The third kappa shape index (κ3) is 4.52. The predicted molar refractivity (Wildman–Crippen MR) is 68.1 cm³/mol. The van der Waals surface area contributed by atoms with E-state index in [2.05, 4.69) is 5.32 Å². The lowest BCUT2D eigenvalue weighted by molar-refractivity contribution is -0.142. The Bertz CT molecular complexity index is 307. The fourth-order valence-electron chi connectivity index (χ4n) is 2.13. The summed E-state index contributed by atoms with van der Waals surface area (Å²) in [5.41, 5.74) is 5.72. The van der Waals surface area contributed by atoms with E-state index >= 15 is 0 Å². The van der Waals surface area contributed by atoms with Crippen LogP contribution in [0.1, 0.15) is 26.7 Å². The van der Waals surface area contributed by atoms with Gasteiger partial charge >= 0.3 is 12.0 Å². The van der Waals surface area contributed by atoms with E-state index in [1.807, 2.05) is 13.8 Å². The number of nitrogens with one attached hydrogen (secondary N) is 1.